The second-order valence-corrected chi connectivity index (χ2v) is 4.69. The number of benzene rings is 2. The number of aliphatic hydroxyl groups is 1. The maximum Gasteiger partial charge on any atom is 0.421 e. The van der Waals surface area contributed by atoms with E-state index in [-0.39, 0.29) is 11.1 Å². The molecular weight excluding hydrogens is 281 g/mol. The molecule has 0 aliphatic rings. The fourth-order valence-corrected chi connectivity index (χ4v) is 2.04. The quantitative estimate of drug-likeness (QED) is 0.873. The molecule has 1 atom stereocenters. The molecule has 0 fully saturated rings. The molecule has 0 aliphatic heterocycles. The predicted molar refractivity (Wildman–Crippen MR) is 71.8 cm³/mol. The maximum absolute atomic E-state index is 13.3. The average molecular weight is 294 g/mol. The summed E-state index contributed by atoms with van der Waals surface area (Å²) >= 11 is 0. The summed E-state index contributed by atoms with van der Waals surface area (Å²) in [6.45, 7) is 0. The second-order valence-electron chi connectivity index (χ2n) is 4.69. The van der Waals surface area contributed by atoms with Crippen molar-refractivity contribution in [1.29, 1.82) is 0 Å². The Morgan fingerprint density at radius 2 is 1.38 bits per heavy atom. The van der Waals surface area contributed by atoms with E-state index >= 15 is 0 Å². The summed E-state index contributed by atoms with van der Waals surface area (Å²) in [5, 5.41) is 10.1. The number of rotatable bonds is 4. The van der Waals surface area contributed by atoms with Crippen molar-refractivity contribution >= 4 is 5.78 Å². The van der Waals surface area contributed by atoms with Gasteiger partial charge in [-0.15, -0.1) is 0 Å². The van der Waals surface area contributed by atoms with Crippen LogP contribution >= 0.6 is 0 Å². The van der Waals surface area contributed by atoms with Gasteiger partial charge in [0.15, 0.2) is 11.4 Å². The van der Waals surface area contributed by atoms with Gasteiger partial charge in [-0.3, -0.25) is 4.79 Å². The Kier molecular flexibility index (Phi) is 4.14. The van der Waals surface area contributed by atoms with Crippen LogP contribution in [0.25, 0.3) is 0 Å². The Hall–Kier alpha value is -2.14. The fraction of sp³-hybridized carbons (Fsp3) is 0.188. The van der Waals surface area contributed by atoms with Crippen LogP contribution in [0.1, 0.15) is 22.3 Å². The lowest BCUT2D eigenvalue weighted by Gasteiger charge is -2.30. The number of hydrogen-bond donors (Lipinski definition) is 1. The number of Topliss-reactive ketones (excluding diaryl/α,β-unsaturated/α-hetero) is 1. The van der Waals surface area contributed by atoms with Gasteiger partial charge in [0.05, 0.1) is 6.42 Å². The zero-order valence-electron chi connectivity index (χ0n) is 11.0. The number of ketones is 1. The van der Waals surface area contributed by atoms with Gasteiger partial charge in [0.25, 0.3) is 0 Å². The molecule has 0 saturated carbocycles. The highest BCUT2D eigenvalue weighted by atomic mass is 19.4. The normalized spacial score (nSPS) is 14.5. The van der Waals surface area contributed by atoms with Crippen molar-refractivity contribution < 1.29 is 23.1 Å². The highest BCUT2D eigenvalue weighted by Crippen LogP contribution is 2.42. The lowest BCUT2D eigenvalue weighted by Crippen LogP contribution is -2.44. The third kappa shape index (κ3) is 3.13. The molecular formula is C16H13F3O2. The zero-order chi connectivity index (χ0) is 15.5. The van der Waals surface area contributed by atoms with Crippen molar-refractivity contribution in [2.24, 2.45) is 0 Å². The summed E-state index contributed by atoms with van der Waals surface area (Å²) in [6, 6.07) is 14.2. The summed E-state index contributed by atoms with van der Waals surface area (Å²) < 4.78 is 39.8. The monoisotopic (exact) mass is 294 g/mol. The van der Waals surface area contributed by atoms with E-state index in [0.29, 0.717) is 0 Å². The van der Waals surface area contributed by atoms with Gasteiger partial charge in [0.1, 0.15) is 0 Å². The Balaban J connectivity index is 2.37. The Morgan fingerprint density at radius 1 is 0.905 bits per heavy atom. The standard InChI is InChI=1S/C16H13F3O2/c17-16(18,19)15(21,13-9-5-2-6-10-13)11-14(20)12-7-3-1-4-8-12/h1-10,21H,11H2/t15-/m0/s1. The molecule has 21 heavy (non-hydrogen) atoms. The van der Waals surface area contributed by atoms with E-state index in [0.717, 1.165) is 12.1 Å². The SMILES string of the molecule is O=C(C[C@](O)(c1ccccc1)C(F)(F)F)c1ccccc1. The molecule has 5 heteroatoms. The Morgan fingerprint density at radius 3 is 1.86 bits per heavy atom. The first-order valence-electron chi connectivity index (χ1n) is 6.27. The van der Waals surface area contributed by atoms with Crippen LogP contribution in [0, 0.1) is 0 Å². The first-order valence-corrected chi connectivity index (χ1v) is 6.27. The molecule has 0 aliphatic carbocycles. The lowest BCUT2D eigenvalue weighted by atomic mass is 9.86. The molecule has 0 heterocycles. The number of halogens is 3. The molecule has 0 saturated heterocycles. The minimum atomic E-state index is -4.95. The number of carbonyl (C=O) groups excluding carboxylic acids is 1. The van der Waals surface area contributed by atoms with Gasteiger partial charge in [-0.2, -0.15) is 13.2 Å². The van der Waals surface area contributed by atoms with Crippen molar-refractivity contribution in [2.45, 2.75) is 18.2 Å². The number of alkyl halides is 3. The molecule has 1 N–H and O–H groups in total. The number of hydrogen-bond acceptors (Lipinski definition) is 2. The summed E-state index contributed by atoms with van der Waals surface area (Å²) in [5.74, 6) is -0.765. The van der Waals surface area contributed by atoms with Crippen molar-refractivity contribution in [3.8, 4) is 0 Å². The molecule has 2 nitrogen and oxygen atoms in total. The summed E-state index contributed by atoms with van der Waals surface area (Å²) in [7, 11) is 0. The topological polar surface area (TPSA) is 37.3 Å². The van der Waals surface area contributed by atoms with E-state index in [9.17, 15) is 23.1 Å². The van der Waals surface area contributed by atoms with E-state index in [1.54, 1.807) is 24.3 Å². The van der Waals surface area contributed by atoms with Gasteiger partial charge in [-0.05, 0) is 5.56 Å². The van der Waals surface area contributed by atoms with E-state index in [1.165, 1.54) is 24.3 Å². The van der Waals surface area contributed by atoms with Gasteiger partial charge in [0.2, 0.25) is 0 Å². The molecule has 0 radical (unpaired) electrons. The molecule has 2 aromatic carbocycles. The minimum absolute atomic E-state index is 0.135. The minimum Gasteiger partial charge on any atom is -0.376 e. The van der Waals surface area contributed by atoms with Crippen molar-refractivity contribution in [2.75, 3.05) is 0 Å². The van der Waals surface area contributed by atoms with Gasteiger partial charge in [-0.1, -0.05) is 60.7 Å². The van der Waals surface area contributed by atoms with Crippen molar-refractivity contribution in [3.63, 3.8) is 0 Å². The zero-order valence-corrected chi connectivity index (χ0v) is 11.0. The molecule has 0 spiro atoms. The van der Waals surface area contributed by atoms with Crippen LogP contribution in [-0.2, 0) is 5.60 Å². The van der Waals surface area contributed by atoms with Crippen LogP contribution in [0.2, 0.25) is 0 Å². The highest BCUT2D eigenvalue weighted by molar-refractivity contribution is 5.96. The first-order chi connectivity index (χ1) is 9.84. The summed E-state index contributed by atoms with van der Waals surface area (Å²) in [4.78, 5) is 12.0. The van der Waals surface area contributed by atoms with E-state index in [2.05, 4.69) is 0 Å². The van der Waals surface area contributed by atoms with Crippen LogP contribution in [0.4, 0.5) is 13.2 Å². The molecule has 2 rings (SSSR count). The molecule has 2 aromatic rings. The molecule has 0 amide bonds. The third-order valence-corrected chi connectivity index (χ3v) is 3.23. The Bertz CT molecular complexity index is 608. The predicted octanol–water partition coefficient (Wildman–Crippen LogP) is 3.71. The molecule has 110 valence electrons. The van der Waals surface area contributed by atoms with Crippen LogP contribution in [-0.4, -0.2) is 17.1 Å². The van der Waals surface area contributed by atoms with Crippen LogP contribution in [0.5, 0.6) is 0 Å². The largest absolute Gasteiger partial charge is 0.421 e. The van der Waals surface area contributed by atoms with Gasteiger partial charge in [0, 0.05) is 5.56 Å². The van der Waals surface area contributed by atoms with E-state index in [1.807, 2.05) is 0 Å². The van der Waals surface area contributed by atoms with Gasteiger partial charge >= 0.3 is 6.18 Å². The lowest BCUT2D eigenvalue weighted by molar-refractivity contribution is -0.264. The van der Waals surface area contributed by atoms with Crippen LogP contribution in [0.15, 0.2) is 60.7 Å². The molecule has 0 aromatic heterocycles. The second kappa shape index (κ2) is 5.69. The fourth-order valence-electron chi connectivity index (χ4n) is 2.04. The van der Waals surface area contributed by atoms with Crippen LogP contribution < -0.4 is 0 Å². The highest BCUT2D eigenvalue weighted by Gasteiger charge is 2.55. The average Bonchev–Trinajstić information content (AvgIpc) is 2.47. The maximum atomic E-state index is 13.3. The first kappa shape index (κ1) is 15.3. The third-order valence-electron chi connectivity index (χ3n) is 3.23. The number of carbonyl (C=O) groups is 1. The molecule has 0 unspecified atom stereocenters. The smallest absolute Gasteiger partial charge is 0.376 e. The van der Waals surface area contributed by atoms with Crippen LogP contribution in [0.3, 0.4) is 0 Å². The Labute approximate surface area is 119 Å². The van der Waals surface area contributed by atoms with Gasteiger partial charge < -0.3 is 5.11 Å². The van der Waals surface area contributed by atoms with E-state index in [4.69, 9.17) is 0 Å². The summed E-state index contributed by atoms with van der Waals surface area (Å²) in [5.41, 5.74) is -3.40. The van der Waals surface area contributed by atoms with Gasteiger partial charge in [-0.25, -0.2) is 0 Å². The van der Waals surface area contributed by atoms with Crippen molar-refractivity contribution in [3.05, 3.63) is 71.8 Å². The summed E-state index contributed by atoms with van der Waals surface area (Å²) in [6.07, 6.45) is -6.00. The van der Waals surface area contributed by atoms with E-state index < -0.39 is 24.0 Å². The molecule has 0 bridgehead atoms. The van der Waals surface area contributed by atoms with Crippen molar-refractivity contribution in [1.82, 2.24) is 0 Å².